The van der Waals surface area contributed by atoms with Crippen molar-refractivity contribution in [2.75, 3.05) is 6.54 Å². The molecule has 0 aromatic carbocycles. The van der Waals surface area contributed by atoms with Crippen LogP contribution in [0.4, 0.5) is 0 Å². The number of nitrogens with zero attached hydrogens (tertiary/aromatic N) is 1. The molecular formula is C22H45NO3S. The molecule has 0 saturated carbocycles. The highest BCUT2D eigenvalue weighted by Gasteiger charge is 2.37. The number of hydrogen-bond acceptors (Lipinski definition) is 4. The zero-order chi connectivity index (χ0) is 20.1. The van der Waals surface area contributed by atoms with Crippen molar-refractivity contribution in [2.45, 2.75) is 135 Å². The Morgan fingerprint density at radius 3 is 1.81 bits per heavy atom. The Bertz CT molecular complexity index is 464. The van der Waals surface area contributed by atoms with Gasteiger partial charge in [0.05, 0.1) is 5.25 Å². The lowest BCUT2D eigenvalue weighted by molar-refractivity contribution is -0.0705. The molecule has 0 aliphatic carbocycles. The van der Waals surface area contributed by atoms with Crippen LogP contribution >= 0.6 is 0 Å². The fraction of sp³-hybridized carbons (Fsp3) is 1.00. The Kier molecular flexibility index (Phi) is 12.9. The van der Waals surface area contributed by atoms with Gasteiger partial charge in [0, 0.05) is 19.0 Å². The fourth-order valence-electron chi connectivity index (χ4n) is 3.90. The minimum Gasteiger partial charge on any atom is -0.275 e. The van der Waals surface area contributed by atoms with Crippen LogP contribution in [0.2, 0.25) is 0 Å². The Morgan fingerprint density at radius 2 is 1.41 bits per heavy atom. The van der Waals surface area contributed by atoms with Crippen LogP contribution in [0.15, 0.2) is 0 Å². The minimum absolute atomic E-state index is 0.235. The fourth-order valence-corrected chi connectivity index (χ4v) is 5.44. The van der Waals surface area contributed by atoms with E-state index in [1.165, 1.54) is 57.8 Å². The first-order valence-corrected chi connectivity index (χ1v) is 13.1. The summed E-state index contributed by atoms with van der Waals surface area (Å²) in [6, 6.07) is 0.339. The van der Waals surface area contributed by atoms with E-state index in [-0.39, 0.29) is 11.5 Å². The number of likely N-dealkylation sites (tertiary alicyclic amines) is 1. The third-order valence-corrected chi connectivity index (χ3v) is 7.78. The van der Waals surface area contributed by atoms with Gasteiger partial charge >= 0.3 is 0 Å². The molecule has 0 N–H and O–H groups in total. The quantitative estimate of drug-likeness (QED) is 0.213. The second kappa shape index (κ2) is 13.9. The molecule has 0 aromatic rings. The van der Waals surface area contributed by atoms with Gasteiger partial charge in [-0.2, -0.15) is 8.42 Å². The highest BCUT2D eigenvalue weighted by atomic mass is 32.2. The molecule has 1 aliphatic rings. The average molecular weight is 404 g/mol. The van der Waals surface area contributed by atoms with E-state index in [2.05, 4.69) is 25.7 Å². The van der Waals surface area contributed by atoms with Crippen molar-refractivity contribution in [3.05, 3.63) is 0 Å². The second-order valence-electron chi connectivity index (χ2n) is 8.52. The largest absolute Gasteiger partial charge is 0.275 e. The smallest absolute Gasteiger partial charge is 0.271 e. The molecule has 2 atom stereocenters. The highest BCUT2D eigenvalue weighted by Crippen LogP contribution is 2.26. The molecule has 1 aliphatic heterocycles. The molecule has 1 rings (SSSR count). The van der Waals surface area contributed by atoms with Gasteiger partial charge in [-0.25, -0.2) is 0 Å². The van der Waals surface area contributed by atoms with Crippen LogP contribution in [-0.4, -0.2) is 37.4 Å². The van der Waals surface area contributed by atoms with Crippen molar-refractivity contribution >= 4 is 10.1 Å². The van der Waals surface area contributed by atoms with E-state index in [9.17, 15) is 8.42 Å². The summed E-state index contributed by atoms with van der Waals surface area (Å²) in [5.41, 5.74) is 0. The normalized spacial score (nSPS) is 19.4. The van der Waals surface area contributed by atoms with Gasteiger partial charge in [0.1, 0.15) is 6.23 Å². The molecule has 0 bridgehead atoms. The van der Waals surface area contributed by atoms with Gasteiger partial charge in [-0.15, -0.1) is 0 Å². The van der Waals surface area contributed by atoms with Crippen molar-refractivity contribution in [1.29, 1.82) is 0 Å². The van der Waals surface area contributed by atoms with Crippen LogP contribution in [-0.2, 0) is 14.3 Å². The third kappa shape index (κ3) is 9.76. The van der Waals surface area contributed by atoms with Gasteiger partial charge in [-0.1, -0.05) is 84.5 Å². The summed E-state index contributed by atoms with van der Waals surface area (Å²) >= 11 is 0. The van der Waals surface area contributed by atoms with Crippen molar-refractivity contribution in [3.8, 4) is 0 Å². The lowest BCUT2D eigenvalue weighted by Crippen LogP contribution is -2.54. The van der Waals surface area contributed by atoms with Gasteiger partial charge in [-0.3, -0.25) is 9.08 Å². The summed E-state index contributed by atoms with van der Waals surface area (Å²) in [6.07, 6.45) is 16.2. The lowest BCUT2D eigenvalue weighted by Gasteiger charge is -2.42. The first-order chi connectivity index (χ1) is 12.9. The molecule has 0 radical (unpaired) electrons. The minimum atomic E-state index is -3.45. The first kappa shape index (κ1) is 24.9. The summed E-state index contributed by atoms with van der Waals surface area (Å²) in [5, 5.41) is -0.342. The van der Waals surface area contributed by atoms with Crippen molar-refractivity contribution < 1.29 is 12.6 Å². The van der Waals surface area contributed by atoms with E-state index in [1.807, 2.05) is 6.92 Å². The molecule has 0 aromatic heterocycles. The summed E-state index contributed by atoms with van der Waals surface area (Å²) < 4.78 is 30.7. The number of unbranched alkanes of at least 4 members (excludes halogenated alkanes) is 10. The predicted molar refractivity (Wildman–Crippen MR) is 115 cm³/mol. The van der Waals surface area contributed by atoms with Crippen LogP contribution in [0.5, 0.6) is 0 Å². The molecule has 27 heavy (non-hydrogen) atoms. The highest BCUT2D eigenvalue weighted by molar-refractivity contribution is 7.87. The zero-order valence-electron chi connectivity index (χ0n) is 18.4. The standard InChI is InChI=1S/C22H45NO3S/c1-5-7-8-9-10-11-12-13-14-15-16-17-21(6-2)27(24,25)26-22-18-19-23(22)20(3)4/h20-22H,5-19H2,1-4H3. The maximum atomic E-state index is 12.6. The Balaban J connectivity index is 2.13. The Hall–Kier alpha value is -0.130. The second-order valence-corrected chi connectivity index (χ2v) is 10.4. The van der Waals surface area contributed by atoms with Crippen LogP contribution in [0, 0.1) is 0 Å². The van der Waals surface area contributed by atoms with E-state index in [0.29, 0.717) is 12.5 Å². The SMILES string of the molecule is CCCCCCCCCCCCCC(CC)S(=O)(=O)OC1CCN1C(C)C. The molecule has 1 heterocycles. The van der Waals surface area contributed by atoms with Gasteiger partial charge in [0.2, 0.25) is 0 Å². The Morgan fingerprint density at radius 1 is 0.889 bits per heavy atom. The third-order valence-electron chi connectivity index (χ3n) is 5.91. The van der Waals surface area contributed by atoms with Crippen molar-refractivity contribution in [1.82, 2.24) is 4.90 Å². The van der Waals surface area contributed by atoms with Crippen LogP contribution < -0.4 is 0 Å². The lowest BCUT2D eigenvalue weighted by atomic mass is 10.0. The van der Waals surface area contributed by atoms with Crippen molar-refractivity contribution in [2.24, 2.45) is 0 Å². The van der Waals surface area contributed by atoms with E-state index in [1.54, 1.807) is 0 Å². The summed E-state index contributed by atoms with van der Waals surface area (Å²) in [6.45, 7) is 9.34. The molecule has 2 unspecified atom stereocenters. The number of hydrogen-bond donors (Lipinski definition) is 0. The number of rotatable bonds is 17. The predicted octanol–water partition coefficient (Wildman–Crippen LogP) is 6.25. The maximum absolute atomic E-state index is 12.6. The van der Waals surface area contributed by atoms with Gasteiger partial charge in [-0.05, 0) is 26.7 Å². The molecule has 0 amide bonds. The van der Waals surface area contributed by atoms with Crippen molar-refractivity contribution in [3.63, 3.8) is 0 Å². The van der Waals surface area contributed by atoms with Crippen LogP contribution in [0.3, 0.4) is 0 Å². The zero-order valence-corrected chi connectivity index (χ0v) is 19.2. The monoisotopic (exact) mass is 403 g/mol. The topological polar surface area (TPSA) is 46.6 Å². The van der Waals surface area contributed by atoms with Crippen LogP contribution in [0.25, 0.3) is 0 Å². The van der Waals surface area contributed by atoms with E-state index >= 15 is 0 Å². The first-order valence-electron chi connectivity index (χ1n) is 11.6. The molecular weight excluding hydrogens is 358 g/mol. The van der Waals surface area contributed by atoms with Crippen LogP contribution in [0.1, 0.15) is 118 Å². The van der Waals surface area contributed by atoms with Gasteiger partial charge in [0.15, 0.2) is 0 Å². The van der Waals surface area contributed by atoms with E-state index in [0.717, 1.165) is 32.2 Å². The molecule has 1 fully saturated rings. The molecule has 1 saturated heterocycles. The summed E-state index contributed by atoms with van der Waals surface area (Å²) in [4.78, 5) is 2.12. The van der Waals surface area contributed by atoms with E-state index in [4.69, 9.17) is 4.18 Å². The van der Waals surface area contributed by atoms with E-state index < -0.39 is 10.1 Å². The molecule has 5 heteroatoms. The maximum Gasteiger partial charge on any atom is 0.271 e. The summed E-state index contributed by atoms with van der Waals surface area (Å²) in [7, 11) is -3.45. The Labute approximate surface area is 169 Å². The van der Waals surface area contributed by atoms with Gasteiger partial charge < -0.3 is 0 Å². The summed E-state index contributed by atoms with van der Waals surface area (Å²) in [5.74, 6) is 0. The average Bonchev–Trinajstić information content (AvgIpc) is 2.59. The molecule has 4 nitrogen and oxygen atoms in total. The molecule has 0 spiro atoms. The molecule has 162 valence electrons. The van der Waals surface area contributed by atoms with Gasteiger partial charge in [0.25, 0.3) is 10.1 Å².